The molecule has 1 heterocycles. The maximum Gasteiger partial charge on any atom is -0.00233 e. The summed E-state index contributed by atoms with van der Waals surface area (Å²) in [5.41, 5.74) is 1.51. The van der Waals surface area contributed by atoms with E-state index in [1.165, 1.54) is 31.4 Å². The first-order valence-corrected chi connectivity index (χ1v) is 6.49. The lowest BCUT2D eigenvalue weighted by atomic mass is 10.0. The van der Waals surface area contributed by atoms with E-state index in [-0.39, 0.29) is 0 Å². The van der Waals surface area contributed by atoms with E-state index in [2.05, 4.69) is 36.0 Å². The lowest BCUT2D eigenvalue weighted by Gasteiger charge is -2.10. The van der Waals surface area contributed by atoms with Gasteiger partial charge < -0.3 is 5.32 Å². The molecule has 0 aromatic carbocycles. The second kappa shape index (κ2) is 7.02. The van der Waals surface area contributed by atoms with Crippen LogP contribution in [0, 0.1) is 5.92 Å². The Balaban J connectivity index is 2.03. The molecule has 1 unspecified atom stereocenters. The van der Waals surface area contributed by atoms with Crippen LogP contribution in [0.2, 0.25) is 0 Å². The Morgan fingerprint density at radius 1 is 1.50 bits per heavy atom. The molecule has 0 aliphatic rings. The Labute approximate surface area is 91.5 Å². The number of nitrogens with one attached hydrogen (secondary N) is 1. The van der Waals surface area contributed by atoms with E-state index in [0.717, 1.165) is 12.5 Å². The first-order valence-electron chi connectivity index (χ1n) is 5.54. The molecule has 1 aromatic rings. The van der Waals surface area contributed by atoms with Crippen molar-refractivity contribution in [2.75, 3.05) is 13.1 Å². The van der Waals surface area contributed by atoms with Gasteiger partial charge in [0, 0.05) is 0 Å². The number of rotatable bonds is 7. The zero-order chi connectivity index (χ0) is 10.2. The molecule has 0 aliphatic heterocycles. The van der Waals surface area contributed by atoms with Gasteiger partial charge in [-0.2, -0.15) is 11.3 Å². The monoisotopic (exact) mass is 211 g/mol. The van der Waals surface area contributed by atoms with Crippen LogP contribution in [0.15, 0.2) is 16.8 Å². The molecule has 1 rings (SSSR count). The molecular weight excluding hydrogens is 190 g/mol. The lowest BCUT2D eigenvalue weighted by Crippen LogP contribution is -2.20. The van der Waals surface area contributed by atoms with Gasteiger partial charge in [-0.25, -0.2) is 0 Å². The van der Waals surface area contributed by atoms with Crippen LogP contribution in [0.5, 0.6) is 0 Å². The van der Waals surface area contributed by atoms with E-state index in [9.17, 15) is 0 Å². The van der Waals surface area contributed by atoms with Gasteiger partial charge in [0.05, 0.1) is 0 Å². The summed E-state index contributed by atoms with van der Waals surface area (Å²) in [4.78, 5) is 0. The first-order chi connectivity index (χ1) is 6.83. The molecule has 0 aliphatic carbocycles. The van der Waals surface area contributed by atoms with Crippen LogP contribution in [-0.4, -0.2) is 13.1 Å². The summed E-state index contributed by atoms with van der Waals surface area (Å²) in [5, 5.41) is 7.82. The number of hydrogen-bond acceptors (Lipinski definition) is 2. The molecule has 80 valence electrons. The fourth-order valence-corrected chi connectivity index (χ4v) is 2.29. The van der Waals surface area contributed by atoms with Crippen molar-refractivity contribution < 1.29 is 0 Å². The van der Waals surface area contributed by atoms with Crippen molar-refractivity contribution in [3.05, 3.63) is 22.4 Å². The Hall–Kier alpha value is -0.340. The predicted octanol–water partition coefficient (Wildman–Crippen LogP) is 3.32. The van der Waals surface area contributed by atoms with Gasteiger partial charge in [0.1, 0.15) is 0 Å². The smallest absolute Gasteiger partial charge is 0.00233 e. The minimum atomic E-state index is 0.814. The quantitative estimate of drug-likeness (QED) is 0.729. The van der Waals surface area contributed by atoms with E-state index >= 15 is 0 Å². The third-order valence-corrected chi connectivity index (χ3v) is 3.22. The molecule has 1 atom stereocenters. The van der Waals surface area contributed by atoms with Gasteiger partial charge in [-0.3, -0.25) is 0 Å². The highest BCUT2D eigenvalue weighted by molar-refractivity contribution is 7.07. The first kappa shape index (κ1) is 11.7. The SMILES string of the molecule is CCNCC(C)CCCc1ccsc1. The average Bonchev–Trinajstić information content (AvgIpc) is 2.67. The maximum absolute atomic E-state index is 3.39. The standard InChI is InChI=1S/C12H21NS/c1-3-13-9-11(2)5-4-6-12-7-8-14-10-12/h7-8,10-11,13H,3-6,9H2,1-2H3. The second-order valence-electron chi connectivity index (χ2n) is 3.94. The highest BCUT2D eigenvalue weighted by atomic mass is 32.1. The molecule has 0 bridgehead atoms. The minimum Gasteiger partial charge on any atom is -0.317 e. The summed E-state index contributed by atoms with van der Waals surface area (Å²) in [6.07, 6.45) is 3.91. The molecule has 0 fully saturated rings. The van der Waals surface area contributed by atoms with E-state index in [1.807, 2.05) is 0 Å². The zero-order valence-corrected chi connectivity index (χ0v) is 10.1. The van der Waals surface area contributed by atoms with Crippen LogP contribution in [0.3, 0.4) is 0 Å². The van der Waals surface area contributed by atoms with Crippen molar-refractivity contribution in [1.82, 2.24) is 5.32 Å². The zero-order valence-electron chi connectivity index (χ0n) is 9.25. The minimum absolute atomic E-state index is 0.814. The van der Waals surface area contributed by atoms with Crippen LogP contribution >= 0.6 is 11.3 Å². The fourth-order valence-electron chi connectivity index (χ4n) is 1.58. The van der Waals surface area contributed by atoms with Gasteiger partial charge in [-0.15, -0.1) is 0 Å². The Kier molecular flexibility index (Phi) is 5.88. The molecular formula is C12H21NS. The topological polar surface area (TPSA) is 12.0 Å². The summed E-state index contributed by atoms with van der Waals surface area (Å²) >= 11 is 1.80. The van der Waals surface area contributed by atoms with Gasteiger partial charge in [-0.1, -0.05) is 13.8 Å². The molecule has 1 nitrogen and oxygen atoms in total. The van der Waals surface area contributed by atoms with E-state index in [4.69, 9.17) is 0 Å². The summed E-state index contributed by atoms with van der Waals surface area (Å²) in [7, 11) is 0. The highest BCUT2D eigenvalue weighted by Gasteiger charge is 2.01. The molecule has 0 spiro atoms. The molecule has 1 aromatic heterocycles. The Bertz CT molecular complexity index is 218. The van der Waals surface area contributed by atoms with Crippen LogP contribution in [0.4, 0.5) is 0 Å². The van der Waals surface area contributed by atoms with Crippen LogP contribution in [0.25, 0.3) is 0 Å². The number of aryl methyl sites for hydroxylation is 1. The van der Waals surface area contributed by atoms with E-state index < -0.39 is 0 Å². The maximum atomic E-state index is 3.39. The largest absolute Gasteiger partial charge is 0.317 e. The van der Waals surface area contributed by atoms with Crippen LogP contribution in [-0.2, 0) is 6.42 Å². The second-order valence-corrected chi connectivity index (χ2v) is 4.72. The summed E-state index contributed by atoms with van der Waals surface area (Å²) < 4.78 is 0. The predicted molar refractivity (Wildman–Crippen MR) is 65.0 cm³/mol. The van der Waals surface area contributed by atoms with Crippen LogP contribution < -0.4 is 5.32 Å². The normalized spacial score (nSPS) is 13.0. The summed E-state index contributed by atoms with van der Waals surface area (Å²) in [6, 6.07) is 2.24. The van der Waals surface area contributed by atoms with Crippen molar-refractivity contribution in [2.45, 2.75) is 33.1 Å². The van der Waals surface area contributed by atoms with Crippen molar-refractivity contribution in [1.29, 1.82) is 0 Å². The van der Waals surface area contributed by atoms with Crippen molar-refractivity contribution in [2.24, 2.45) is 5.92 Å². The van der Waals surface area contributed by atoms with Gasteiger partial charge in [0.2, 0.25) is 0 Å². The highest BCUT2D eigenvalue weighted by Crippen LogP contribution is 2.12. The van der Waals surface area contributed by atoms with E-state index in [0.29, 0.717) is 0 Å². The van der Waals surface area contributed by atoms with Gasteiger partial charge in [0.25, 0.3) is 0 Å². The summed E-state index contributed by atoms with van der Waals surface area (Å²) in [6.45, 7) is 6.75. The third-order valence-electron chi connectivity index (χ3n) is 2.49. The van der Waals surface area contributed by atoms with Gasteiger partial charge >= 0.3 is 0 Å². The Morgan fingerprint density at radius 2 is 2.36 bits per heavy atom. The van der Waals surface area contributed by atoms with Gasteiger partial charge in [-0.05, 0) is 60.7 Å². The third kappa shape index (κ3) is 4.77. The molecule has 0 radical (unpaired) electrons. The fraction of sp³-hybridized carbons (Fsp3) is 0.667. The van der Waals surface area contributed by atoms with Crippen molar-refractivity contribution in [3.63, 3.8) is 0 Å². The van der Waals surface area contributed by atoms with E-state index in [1.54, 1.807) is 11.3 Å². The molecule has 0 saturated carbocycles. The lowest BCUT2D eigenvalue weighted by molar-refractivity contribution is 0.474. The van der Waals surface area contributed by atoms with Gasteiger partial charge in [0.15, 0.2) is 0 Å². The number of thiophene rings is 1. The molecule has 2 heteroatoms. The average molecular weight is 211 g/mol. The molecule has 0 amide bonds. The molecule has 0 saturated heterocycles. The summed E-state index contributed by atoms with van der Waals surface area (Å²) in [5.74, 6) is 0.814. The molecule has 14 heavy (non-hydrogen) atoms. The number of hydrogen-bond donors (Lipinski definition) is 1. The van der Waals surface area contributed by atoms with Crippen molar-refractivity contribution >= 4 is 11.3 Å². The molecule has 1 N–H and O–H groups in total. The Morgan fingerprint density at radius 3 is 3.00 bits per heavy atom. The van der Waals surface area contributed by atoms with Crippen LogP contribution in [0.1, 0.15) is 32.3 Å². The van der Waals surface area contributed by atoms with Crippen molar-refractivity contribution in [3.8, 4) is 0 Å².